The van der Waals surface area contributed by atoms with Gasteiger partial charge < -0.3 is 19.6 Å². The fraction of sp³-hybridized carbons (Fsp3) is 0.231. The van der Waals surface area contributed by atoms with E-state index in [4.69, 9.17) is 0 Å². The number of nitrogens with zero attached hydrogens (tertiary/aromatic N) is 8. The number of aldehydes is 1. The Morgan fingerprint density at radius 1 is 1.13 bits per heavy atom. The number of hydrogen-bond donors (Lipinski definition) is 1. The molecule has 1 unspecified atom stereocenters. The summed E-state index contributed by atoms with van der Waals surface area (Å²) in [5, 5.41) is 16.2. The van der Waals surface area contributed by atoms with Gasteiger partial charge in [-0.05, 0) is 54.8 Å². The number of hydrogen-bond acceptors (Lipinski definition) is 8. The summed E-state index contributed by atoms with van der Waals surface area (Å²) < 4.78 is 18.3. The van der Waals surface area contributed by atoms with Gasteiger partial charge in [0, 0.05) is 44.4 Å². The van der Waals surface area contributed by atoms with Crippen molar-refractivity contribution in [1.29, 1.82) is 0 Å². The highest BCUT2D eigenvalue weighted by molar-refractivity contribution is 6.07. The highest BCUT2D eigenvalue weighted by Gasteiger charge is 2.23. The predicted octanol–water partition coefficient (Wildman–Crippen LogP) is 2.95. The van der Waals surface area contributed by atoms with E-state index in [2.05, 4.69) is 30.6 Å². The zero-order chi connectivity index (χ0) is 26.8. The fourth-order valence-electron chi connectivity index (χ4n) is 4.43. The molecule has 0 saturated heterocycles. The lowest BCUT2D eigenvalue weighted by Gasteiger charge is -2.20. The van der Waals surface area contributed by atoms with Crippen LogP contribution in [0.25, 0.3) is 16.9 Å². The summed E-state index contributed by atoms with van der Waals surface area (Å²) in [6.45, 7) is 1.85. The third-order valence-corrected chi connectivity index (χ3v) is 6.40. The van der Waals surface area contributed by atoms with Crippen LogP contribution >= 0.6 is 0 Å². The lowest BCUT2D eigenvalue weighted by molar-refractivity contribution is -0.108. The van der Waals surface area contributed by atoms with Crippen LogP contribution < -0.4 is 10.2 Å². The monoisotopic (exact) mass is 511 g/mol. The fourth-order valence-corrected chi connectivity index (χ4v) is 4.43. The van der Waals surface area contributed by atoms with E-state index in [1.54, 1.807) is 23.1 Å². The van der Waals surface area contributed by atoms with Crippen LogP contribution in [-0.4, -0.2) is 62.6 Å². The second-order valence-electron chi connectivity index (χ2n) is 9.38. The van der Waals surface area contributed by atoms with Crippen molar-refractivity contribution < 1.29 is 9.18 Å². The zero-order valence-electron chi connectivity index (χ0n) is 21.6. The Morgan fingerprint density at radius 3 is 2.68 bits per heavy atom. The van der Waals surface area contributed by atoms with Crippen molar-refractivity contribution >= 4 is 37.5 Å². The summed E-state index contributed by atoms with van der Waals surface area (Å²) >= 11 is 0. The van der Waals surface area contributed by atoms with E-state index in [1.807, 2.05) is 68.6 Å². The third-order valence-electron chi connectivity index (χ3n) is 6.40. The number of pyridine rings is 1. The minimum Gasteiger partial charge on any atom is -0.364 e. The summed E-state index contributed by atoms with van der Waals surface area (Å²) in [5.41, 5.74) is 3.51. The molecule has 0 bridgehead atoms. The molecule has 1 aromatic carbocycles. The van der Waals surface area contributed by atoms with Crippen molar-refractivity contribution in [2.75, 3.05) is 24.3 Å². The topological polar surface area (TPSA) is 106 Å². The number of benzene rings is 1. The van der Waals surface area contributed by atoms with Gasteiger partial charge in [-0.2, -0.15) is 5.10 Å². The number of nitrogens with one attached hydrogen (secondary N) is 1. The molecule has 0 aliphatic heterocycles. The number of halogens is 1. The molecule has 4 aromatic heterocycles. The van der Waals surface area contributed by atoms with Gasteiger partial charge in [-0.3, -0.25) is 4.40 Å². The van der Waals surface area contributed by atoms with Gasteiger partial charge in [0.05, 0.1) is 5.69 Å². The molecule has 4 heterocycles. The molecule has 1 N–H and O–H groups in total. The van der Waals surface area contributed by atoms with E-state index in [0.717, 1.165) is 29.0 Å². The van der Waals surface area contributed by atoms with Gasteiger partial charge in [-0.15, -0.1) is 10.2 Å². The molecule has 0 aliphatic rings. The first-order valence-corrected chi connectivity index (χ1v) is 12.2. The van der Waals surface area contributed by atoms with Crippen LogP contribution in [0.4, 0.5) is 22.0 Å². The molecule has 10 nitrogen and oxygen atoms in total. The Balaban J connectivity index is 1.55. The van der Waals surface area contributed by atoms with Crippen molar-refractivity contribution in [2.45, 2.75) is 25.7 Å². The first kappa shape index (κ1) is 25.1. The van der Waals surface area contributed by atoms with Crippen molar-refractivity contribution in [3.05, 3.63) is 77.6 Å². The summed E-state index contributed by atoms with van der Waals surface area (Å²) in [6.07, 6.45) is 4.75. The van der Waals surface area contributed by atoms with Gasteiger partial charge in [-0.1, -0.05) is 12.1 Å². The molecule has 0 spiro atoms. The van der Waals surface area contributed by atoms with E-state index in [9.17, 15) is 9.18 Å². The molecule has 5 aromatic rings. The first-order valence-electron chi connectivity index (χ1n) is 12.2. The van der Waals surface area contributed by atoms with Crippen LogP contribution in [0.15, 0.2) is 54.9 Å². The molecular formula is C26H27BFN9O. The van der Waals surface area contributed by atoms with Crippen molar-refractivity contribution in [2.24, 2.45) is 0 Å². The number of rotatable bonds is 9. The predicted molar refractivity (Wildman–Crippen MR) is 146 cm³/mol. The van der Waals surface area contributed by atoms with Gasteiger partial charge in [0.15, 0.2) is 5.65 Å². The number of aromatic nitrogens is 7. The van der Waals surface area contributed by atoms with E-state index in [-0.39, 0.29) is 18.2 Å². The number of aryl methyl sites for hydroxylation is 1. The second kappa shape index (κ2) is 10.4. The Bertz CT molecular complexity index is 1610. The van der Waals surface area contributed by atoms with Crippen LogP contribution in [0.5, 0.6) is 0 Å². The minimum atomic E-state index is -0.349. The van der Waals surface area contributed by atoms with E-state index >= 15 is 0 Å². The molecule has 5 rings (SSSR count). The summed E-state index contributed by atoms with van der Waals surface area (Å²) in [6, 6.07) is 12.7. The Labute approximate surface area is 220 Å². The average Bonchev–Trinajstić information content (AvgIpc) is 3.50. The van der Waals surface area contributed by atoms with Gasteiger partial charge in [0.25, 0.3) is 7.98 Å². The Kier molecular flexibility index (Phi) is 6.86. The zero-order valence-corrected chi connectivity index (χ0v) is 21.6. The van der Waals surface area contributed by atoms with Crippen LogP contribution in [0.1, 0.15) is 29.3 Å². The minimum absolute atomic E-state index is 0.192. The smallest absolute Gasteiger partial charge is 0.251 e. The van der Waals surface area contributed by atoms with Crippen molar-refractivity contribution in [3.63, 3.8) is 0 Å². The SMILES string of the molecule is Bn1nccc1Nc1nccc(-c2cc(N(C)C)n3c(C(CC=O)Cc4ccc(C)cc4F)nnc3c2)n1. The average molecular weight is 511 g/mol. The third kappa shape index (κ3) is 4.97. The molecule has 0 fully saturated rings. The van der Waals surface area contributed by atoms with E-state index in [0.29, 0.717) is 35.1 Å². The van der Waals surface area contributed by atoms with E-state index < -0.39 is 0 Å². The van der Waals surface area contributed by atoms with Gasteiger partial charge in [-0.25, -0.2) is 14.4 Å². The second-order valence-corrected chi connectivity index (χ2v) is 9.38. The molecule has 38 heavy (non-hydrogen) atoms. The van der Waals surface area contributed by atoms with Crippen LogP contribution in [0.3, 0.4) is 0 Å². The lowest BCUT2D eigenvalue weighted by Crippen LogP contribution is -2.17. The summed E-state index contributed by atoms with van der Waals surface area (Å²) in [7, 11) is 5.68. The highest BCUT2D eigenvalue weighted by atomic mass is 19.1. The maximum absolute atomic E-state index is 14.7. The van der Waals surface area contributed by atoms with Crippen molar-refractivity contribution in [3.8, 4) is 11.3 Å². The van der Waals surface area contributed by atoms with Gasteiger partial charge in [0.2, 0.25) is 5.95 Å². The molecular weight excluding hydrogens is 484 g/mol. The summed E-state index contributed by atoms with van der Waals surface area (Å²) in [4.78, 5) is 22.6. The quantitative estimate of drug-likeness (QED) is 0.238. The molecule has 0 aliphatic carbocycles. The normalized spacial score (nSPS) is 12.0. The molecule has 0 saturated carbocycles. The number of fused-ring (bicyclic) bond motifs is 1. The first-order chi connectivity index (χ1) is 18.3. The largest absolute Gasteiger partial charge is 0.364 e. The van der Waals surface area contributed by atoms with Crippen molar-refractivity contribution in [1.82, 2.24) is 34.3 Å². The van der Waals surface area contributed by atoms with Crippen LogP contribution in [0.2, 0.25) is 0 Å². The van der Waals surface area contributed by atoms with Crippen LogP contribution in [0, 0.1) is 12.7 Å². The number of carbonyl (C=O) groups excluding carboxylic acids is 1. The van der Waals surface area contributed by atoms with Gasteiger partial charge in [0.1, 0.15) is 29.6 Å². The molecule has 12 heteroatoms. The maximum Gasteiger partial charge on any atom is 0.251 e. The van der Waals surface area contributed by atoms with Gasteiger partial charge >= 0.3 is 0 Å². The molecule has 192 valence electrons. The number of anilines is 3. The molecule has 0 radical (unpaired) electrons. The standard InChI is InChI=1S/C26H27BFN9O/c1-16-4-5-17(20(28)12-16)13-18(8-11-38)25-34-33-23-14-19(15-24(35(2)3)36(23)25)21-6-9-29-26(31-21)32-22-7-10-30-37(22)27/h4-7,9-12,14-15,18H,8,13,27H2,1-3H3,(H,29,31,32). The summed E-state index contributed by atoms with van der Waals surface area (Å²) in [5.74, 6) is 1.97. The molecule has 1 atom stereocenters. The highest BCUT2D eigenvalue weighted by Crippen LogP contribution is 2.31. The van der Waals surface area contributed by atoms with E-state index in [1.165, 1.54) is 6.07 Å². The lowest BCUT2D eigenvalue weighted by atomic mass is 9.95. The Morgan fingerprint density at radius 2 is 1.97 bits per heavy atom. The number of carbonyl (C=O) groups is 1. The maximum atomic E-state index is 14.7. The Hall–Kier alpha value is -4.61. The van der Waals surface area contributed by atoms with Crippen LogP contribution in [-0.2, 0) is 11.2 Å². The molecule has 0 amide bonds.